The Bertz CT molecular complexity index is 704. The third-order valence-corrected chi connectivity index (χ3v) is 4.89. The molecule has 6 nitrogen and oxygen atoms in total. The molecule has 162 valence electrons. The number of rotatable bonds is 6. The molecule has 0 amide bonds. The minimum absolute atomic E-state index is 0.0515. The molecule has 1 heterocycles. The van der Waals surface area contributed by atoms with Crippen molar-refractivity contribution in [3.8, 4) is 0 Å². The third-order valence-electron chi connectivity index (χ3n) is 4.89. The van der Waals surface area contributed by atoms with Gasteiger partial charge in [-0.3, -0.25) is 4.79 Å². The molecule has 6 heteroatoms. The Balaban J connectivity index is 2.16. The van der Waals surface area contributed by atoms with Gasteiger partial charge in [-0.2, -0.15) is 0 Å². The van der Waals surface area contributed by atoms with E-state index < -0.39 is 28.9 Å². The first kappa shape index (κ1) is 23.4. The maximum atomic E-state index is 12.8. The van der Waals surface area contributed by atoms with Crippen LogP contribution in [0, 0.1) is 0 Å². The molecule has 0 radical (unpaired) electrons. The smallest absolute Gasteiger partial charge is 0.338 e. The molecular formula is C23H34O6. The summed E-state index contributed by atoms with van der Waals surface area (Å²) in [7, 11) is 0. The van der Waals surface area contributed by atoms with Gasteiger partial charge in [0.1, 0.15) is 5.60 Å². The summed E-state index contributed by atoms with van der Waals surface area (Å²) < 4.78 is 22.6. The maximum Gasteiger partial charge on any atom is 0.338 e. The Kier molecular flexibility index (Phi) is 7.12. The normalized spacial score (nSPS) is 19.3. The number of hydrogen-bond acceptors (Lipinski definition) is 6. The lowest BCUT2D eigenvalue weighted by molar-refractivity contribution is -0.301. The molecule has 1 aliphatic rings. The van der Waals surface area contributed by atoms with Crippen molar-refractivity contribution in [1.29, 1.82) is 0 Å². The molecule has 0 bridgehead atoms. The molecule has 1 fully saturated rings. The molecule has 1 unspecified atom stereocenters. The van der Waals surface area contributed by atoms with Crippen LogP contribution in [0.15, 0.2) is 24.3 Å². The van der Waals surface area contributed by atoms with Crippen molar-refractivity contribution in [2.24, 2.45) is 0 Å². The third kappa shape index (κ3) is 6.82. The summed E-state index contributed by atoms with van der Waals surface area (Å²) in [6.45, 7) is 13.3. The average Bonchev–Trinajstić information content (AvgIpc) is 2.62. The van der Waals surface area contributed by atoms with E-state index in [0.29, 0.717) is 11.5 Å². The Morgan fingerprint density at radius 3 is 2.14 bits per heavy atom. The zero-order valence-corrected chi connectivity index (χ0v) is 18.7. The molecule has 0 aromatic heterocycles. The van der Waals surface area contributed by atoms with Crippen LogP contribution >= 0.6 is 0 Å². The molecule has 2 rings (SSSR count). The van der Waals surface area contributed by atoms with E-state index in [4.69, 9.17) is 18.9 Å². The van der Waals surface area contributed by atoms with Crippen molar-refractivity contribution in [2.75, 3.05) is 13.2 Å². The van der Waals surface area contributed by atoms with Crippen molar-refractivity contribution in [3.63, 3.8) is 0 Å². The summed E-state index contributed by atoms with van der Waals surface area (Å²) in [5.74, 6) is -1.37. The van der Waals surface area contributed by atoms with Crippen molar-refractivity contribution in [3.05, 3.63) is 35.4 Å². The van der Waals surface area contributed by atoms with Gasteiger partial charge in [0.25, 0.3) is 0 Å². The molecule has 1 aliphatic heterocycles. The van der Waals surface area contributed by atoms with Crippen LogP contribution in [0.3, 0.4) is 0 Å². The quantitative estimate of drug-likeness (QED) is 0.643. The zero-order chi connectivity index (χ0) is 21.9. The Morgan fingerprint density at radius 2 is 1.66 bits per heavy atom. The molecule has 1 saturated heterocycles. The van der Waals surface area contributed by atoms with E-state index in [9.17, 15) is 9.59 Å². The average molecular weight is 407 g/mol. The van der Waals surface area contributed by atoms with Gasteiger partial charge < -0.3 is 18.9 Å². The van der Waals surface area contributed by atoms with Gasteiger partial charge in [-0.1, -0.05) is 26.0 Å². The first-order valence-electron chi connectivity index (χ1n) is 10.2. The van der Waals surface area contributed by atoms with E-state index in [0.717, 1.165) is 6.42 Å². The van der Waals surface area contributed by atoms with Crippen LogP contribution in [0.4, 0.5) is 0 Å². The molecule has 1 aromatic carbocycles. The van der Waals surface area contributed by atoms with Gasteiger partial charge in [0.2, 0.25) is 0 Å². The first-order chi connectivity index (χ1) is 13.3. The van der Waals surface area contributed by atoms with E-state index in [1.807, 2.05) is 12.1 Å². The lowest BCUT2D eigenvalue weighted by Crippen LogP contribution is -2.55. The lowest BCUT2D eigenvalue weighted by atomic mass is 9.97. The fraction of sp³-hybridized carbons (Fsp3) is 0.652. The number of carbonyl (C=O) groups excluding carboxylic acids is 2. The largest absolute Gasteiger partial charge is 0.460 e. The Labute approximate surface area is 173 Å². The van der Waals surface area contributed by atoms with Crippen molar-refractivity contribution in [2.45, 2.75) is 84.2 Å². The molecule has 0 spiro atoms. The van der Waals surface area contributed by atoms with Gasteiger partial charge in [0, 0.05) is 0 Å². The fourth-order valence-electron chi connectivity index (χ4n) is 2.97. The summed E-state index contributed by atoms with van der Waals surface area (Å²) in [6.07, 6.45) is 0.879. The first-order valence-corrected chi connectivity index (χ1v) is 10.2. The van der Waals surface area contributed by atoms with Crippen LogP contribution in [-0.4, -0.2) is 42.1 Å². The van der Waals surface area contributed by atoms with Crippen molar-refractivity contribution in [1.82, 2.24) is 0 Å². The Morgan fingerprint density at radius 1 is 1.10 bits per heavy atom. The SMILES string of the molecule is CCC(C)c1ccc(C(=O)OC2(CC(=O)OC(C)(C)C)COC(C)(C)OC2)cc1. The van der Waals surface area contributed by atoms with Gasteiger partial charge in [0.15, 0.2) is 11.4 Å². The second-order valence-corrected chi connectivity index (χ2v) is 9.24. The van der Waals surface area contributed by atoms with Crippen LogP contribution in [-0.2, 0) is 23.7 Å². The second kappa shape index (κ2) is 8.84. The highest BCUT2D eigenvalue weighted by Crippen LogP contribution is 2.31. The van der Waals surface area contributed by atoms with Gasteiger partial charge in [0.05, 0.1) is 25.2 Å². The predicted octanol–water partition coefficient (Wildman–Crippen LogP) is 4.61. The van der Waals surface area contributed by atoms with Crippen LogP contribution in [0.2, 0.25) is 0 Å². The zero-order valence-electron chi connectivity index (χ0n) is 18.7. The van der Waals surface area contributed by atoms with E-state index >= 15 is 0 Å². The topological polar surface area (TPSA) is 71.1 Å². The molecule has 0 aliphatic carbocycles. The van der Waals surface area contributed by atoms with Crippen LogP contribution in [0.25, 0.3) is 0 Å². The van der Waals surface area contributed by atoms with Gasteiger partial charge in [-0.15, -0.1) is 0 Å². The minimum Gasteiger partial charge on any atom is -0.460 e. The number of hydrogen-bond donors (Lipinski definition) is 0. The van der Waals surface area contributed by atoms with Crippen LogP contribution in [0.1, 0.15) is 83.1 Å². The highest BCUT2D eigenvalue weighted by atomic mass is 16.7. The molecule has 1 aromatic rings. The van der Waals surface area contributed by atoms with Gasteiger partial charge in [-0.05, 0) is 64.7 Å². The molecule has 29 heavy (non-hydrogen) atoms. The summed E-state index contributed by atoms with van der Waals surface area (Å²) >= 11 is 0. The van der Waals surface area contributed by atoms with E-state index in [-0.39, 0.29) is 19.6 Å². The van der Waals surface area contributed by atoms with Gasteiger partial charge in [-0.25, -0.2) is 4.79 Å². The molecule has 0 saturated carbocycles. The highest BCUT2D eigenvalue weighted by molar-refractivity contribution is 5.90. The van der Waals surface area contributed by atoms with E-state index in [2.05, 4.69) is 13.8 Å². The standard InChI is InChI=1S/C23H34O6/c1-8-16(2)17-9-11-18(12-10-17)20(25)29-23(13-19(24)28-21(3,4)5)14-26-22(6,7)27-15-23/h9-12,16H,8,13-15H2,1-7H3. The summed E-state index contributed by atoms with van der Waals surface area (Å²) in [5, 5.41) is 0. The molecular weight excluding hydrogens is 372 g/mol. The molecule has 0 N–H and O–H groups in total. The van der Waals surface area contributed by atoms with Crippen LogP contribution < -0.4 is 0 Å². The molecule has 1 atom stereocenters. The number of benzene rings is 1. The van der Waals surface area contributed by atoms with E-state index in [1.165, 1.54) is 5.56 Å². The fourth-order valence-corrected chi connectivity index (χ4v) is 2.97. The monoisotopic (exact) mass is 406 g/mol. The minimum atomic E-state index is -1.23. The lowest BCUT2D eigenvalue weighted by Gasteiger charge is -2.42. The highest BCUT2D eigenvalue weighted by Gasteiger charge is 2.46. The maximum absolute atomic E-state index is 12.8. The number of ether oxygens (including phenoxy) is 4. The number of esters is 2. The summed E-state index contributed by atoms with van der Waals surface area (Å²) in [6, 6.07) is 7.36. The van der Waals surface area contributed by atoms with Crippen molar-refractivity contribution < 1.29 is 28.5 Å². The Hall–Kier alpha value is -1.92. The summed E-state index contributed by atoms with van der Waals surface area (Å²) in [4.78, 5) is 25.3. The summed E-state index contributed by atoms with van der Waals surface area (Å²) in [5.41, 5.74) is -0.280. The van der Waals surface area contributed by atoms with Gasteiger partial charge >= 0.3 is 11.9 Å². The van der Waals surface area contributed by atoms with Crippen molar-refractivity contribution >= 4 is 11.9 Å². The van der Waals surface area contributed by atoms with E-state index in [1.54, 1.807) is 46.8 Å². The number of carbonyl (C=O) groups is 2. The second-order valence-electron chi connectivity index (χ2n) is 9.24. The predicted molar refractivity (Wildman–Crippen MR) is 110 cm³/mol. The van der Waals surface area contributed by atoms with Crippen LogP contribution in [0.5, 0.6) is 0 Å².